The molecule has 0 aromatic carbocycles. The number of hydrogen-bond acceptors (Lipinski definition) is 4. The fourth-order valence-corrected chi connectivity index (χ4v) is 0.219. The van der Waals surface area contributed by atoms with Gasteiger partial charge < -0.3 is 5.32 Å². The molecule has 0 saturated heterocycles. The maximum Gasteiger partial charge on any atom is 0.339 e. The first-order valence-corrected chi connectivity index (χ1v) is 3.13. The van der Waals surface area contributed by atoms with Gasteiger partial charge in [0, 0.05) is 14.0 Å². The summed E-state index contributed by atoms with van der Waals surface area (Å²) in [5, 5.41) is 2.36. The fourth-order valence-electron chi connectivity index (χ4n) is 0.219. The molecule has 5 heteroatoms. The van der Waals surface area contributed by atoms with Gasteiger partial charge in [-0.3, -0.25) is 9.68 Å². The van der Waals surface area contributed by atoms with Crippen LogP contribution in [0.4, 0.5) is 0 Å². The molecular weight excluding hydrogens is 162 g/mol. The molecule has 0 aromatic heterocycles. The Bertz CT molecular complexity index is 155. The predicted octanol–water partition coefficient (Wildman–Crippen LogP) is 0.0293. The van der Waals surface area contributed by atoms with Crippen LogP contribution in [0.5, 0.6) is 0 Å². The summed E-state index contributed by atoms with van der Waals surface area (Å²) < 4.78 is 0. The lowest BCUT2D eigenvalue weighted by Crippen LogP contribution is -2.13. The molecule has 0 rings (SSSR count). The standard InChI is InChI=1S/C4H7NO.C3H6O3/c1-3-4(6)5-2;1-3(4)6-5-2/h3H,1H2,2H3,(H,5,6);1-2H3. The second-order valence-corrected chi connectivity index (χ2v) is 1.56. The highest BCUT2D eigenvalue weighted by Gasteiger charge is 1.83. The highest BCUT2D eigenvalue weighted by molar-refractivity contribution is 5.86. The Kier molecular flexibility index (Phi) is 10.6. The molecule has 0 heterocycles. The van der Waals surface area contributed by atoms with Gasteiger partial charge in [0.1, 0.15) is 0 Å². The average Bonchev–Trinajstić information content (AvgIpc) is 2.04. The Labute approximate surface area is 71.3 Å². The van der Waals surface area contributed by atoms with Gasteiger partial charge in [-0.05, 0) is 6.08 Å². The second-order valence-electron chi connectivity index (χ2n) is 1.56. The third kappa shape index (κ3) is 15.9. The largest absolute Gasteiger partial charge is 0.356 e. The van der Waals surface area contributed by atoms with E-state index in [2.05, 4.69) is 21.7 Å². The van der Waals surface area contributed by atoms with E-state index in [9.17, 15) is 9.59 Å². The van der Waals surface area contributed by atoms with E-state index in [1.807, 2.05) is 0 Å². The van der Waals surface area contributed by atoms with Gasteiger partial charge in [0.2, 0.25) is 5.91 Å². The van der Waals surface area contributed by atoms with E-state index in [0.717, 1.165) is 0 Å². The molecule has 12 heavy (non-hydrogen) atoms. The average molecular weight is 175 g/mol. The molecule has 0 radical (unpaired) electrons. The van der Waals surface area contributed by atoms with Crippen molar-refractivity contribution in [3.05, 3.63) is 12.7 Å². The van der Waals surface area contributed by atoms with Crippen LogP contribution in [0.3, 0.4) is 0 Å². The molecule has 70 valence electrons. The van der Waals surface area contributed by atoms with Crippen LogP contribution in [-0.4, -0.2) is 26.0 Å². The number of likely N-dealkylation sites (N-methyl/N-ethyl adjacent to an activating group) is 1. The molecule has 0 aliphatic heterocycles. The lowest BCUT2D eigenvalue weighted by molar-refractivity contribution is -0.252. The normalized spacial score (nSPS) is 7.25. The van der Waals surface area contributed by atoms with Crippen molar-refractivity contribution >= 4 is 11.9 Å². The van der Waals surface area contributed by atoms with Crippen LogP contribution >= 0.6 is 0 Å². The Balaban J connectivity index is 0. The van der Waals surface area contributed by atoms with E-state index >= 15 is 0 Å². The summed E-state index contributed by atoms with van der Waals surface area (Å²) in [6.07, 6.45) is 1.22. The first-order valence-electron chi connectivity index (χ1n) is 3.13. The Hall–Kier alpha value is -1.36. The van der Waals surface area contributed by atoms with Crippen molar-refractivity contribution in [2.24, 2.45) is 0 Å². The fraction of sp³-hybridized carbons (Fsp3) is 0.429. The summed E-state index contributed by atoms with van der Waals surface area (Å²) in [5.41, 5.74) is 0. The van der Waals surface area contributed by atoms with E-state index in [1.54, 1.807) is 7.05 Å². The van der Waals surface area contributed by atoms with Gasteiger partial charge >= 0.3 is 5.97 Å². The van der Waals surface area contributed by atoms with E-state index in [-0.39, 0.29) is 5.91 Å². The highest BCUT2D eigenvalue weighted by atomic mass is 17.2. The zero-order valence-corrected chi connectivity index (χ0v) is 7.42. The van der Waals surface area contributed by atoms with Crippen LogP contribution in [0.1, 0.15) is 6.92 Å². The summed E-state index contributed by atoms with van der Waals surface area (Å²) in [4.78, 5) is 27.5. The van der Waals surface area contributed by atoms with Gasteiger partial charge in [-0.1, -0.05) is 6.58 Å². The van der Waals surface area contributed by atoms with Gasteiger partial charge in [-0.25, -0.2) is 4.79 Å². The second kappa shape index (κ2) is 9.64. The molecule has 5 nitrogen and oxygen atoms in total. The van der Waals surface area contributed by atoms with Crippen LogP contribution in [0.2, 0.25) is 0 Å². The quantitative estimate of drug-likeness (QED) is 0.365. The van der Waals surface area contributed by atoms with Crippen molar-refractivity contribution in [1.29, 1.82) is 0 Å². The summed E-state index contributed by atoms with van der Waals surface area (Å²) in [5.74, 6) is -0.576. The third-order valence-corrected chi connectivity index (χ3v) is 0.632. The SMILES string of the molecule is C=CC(=O)NC.COOC(C)=O. The number of nitrogens with one attached hydrogen (secondary N) is 1. The number of amides is 1. The molecule has 0 aliphatic rings. The smallest absolute Gasteiger partial charge is 0.339 e. The highest BCUT2D eigenvalue weighted by Crippen LogP contribution is 1.69. The molecule has 0 fully saturated rings. The maximum atomic E-state index is 9.95. The number of rotatable bonds is 2. The molecule has 0 aliphatic carbocycles. The van der Waals surface area contributed by atoms with Crippen molar-refractivity contribution in [2.45, 2.75) is 6.92 Å². The molecule has 1 amide bonds. The van der Waals surface area contributed by atoms with Gasteiger partial charge in [0.05, 0.1) is 7.11 Å². The van der Waals surface area contributed by atoms with Gasteiger partial charge in [-0.2, -0.15) is 4.89 Å². The van der Waals surface area contributed by atoms with Crippen LogP contribution in [0.15, 0.2) is 12.7 Å². The summed E-state index contributed by atoms with van der Waals surface area (Å²) in [6, 6.07) is 0. The third-order valence-electron chi connectivity index (χ3n) is 0.632. The lowest BCUT2D eigenvalue weighted by Gasteiger charge is -1.87. The van der Waals surface area contributed by atoms with E-state index in [4.69, 9.17) is 0 Å². The summed E-state index contributed by atoms with van der Waals surface area (Å²) in [7, 11) is 2.84. The maximum absolute atomic E-state index is 9.95. The van der Waals surface area contributed by atoms with Crippen LogP contribution < -0.4 is 5.32 Å². The topological polar surface area (TPSA) is 64.6 Å². The molecule has 0 spiro atoms. The van der Waals surface area contributed by atoms with Crippen LogP contribution in [-0.2, 0) is 19.4 Å². The minimum absolute atomic E-state index is 0.144. The van der Waals surface area contributed by atoms with Crippen LogP contribution in [0.25, 0.3) is 0 Å². The minimum Gasteiger partial charge on any atom is -0.356 e. The monoisotopic (exact) mass is 175 g/mol. The predicted molar refractivity (Wildman–Crippen MR) is 43.0 cm³/mol. The summed E-state index contributed by atoms with van der Waals surface area (Å²) in [6.45, 7) is 4.49. The molecule has 0 bridgehead atoms. The van der Waals surface area contributed by atoms with Crippen molar-refractivity contribution in [3.8, 4) is 0 Å². The molecule has 0 atom stereocenters. The Morgan fingerprint density at radius 1 is 1.50 bits per heavy atom. The van der Waals surface area contributed by atoms with Gasteiger partial charge in [-0.15, -0.1) is 0 Å². The molecule has 1 N–H and O–H groups in total. The zero-order valence-electron chi connectivity index (χ0n) is 7.42. The van der Waals surface area contributed by atoms with Crippen molar-refractivity contribution in [3.63, 3.8) is 0 Å². The number of carbonyl (C=O) groups is 2. The zero-order chi connectivity index (χ0) is 9.98. The minimum atomic E-state index is -0.433. The first kappa shape index (κ1) is 13.2. The van der Waals surface area contributed by atoms with E-state index in [1.165, 1.54) is 20.1 Å². The number of carbonyl (C=O) groups excluding carboxylic acids is 2. The van der Waals surface area contributed by atoms with E-state index in [0.29, 0.717) is 0 Å². The van der Waals surface area contributed by atoms with E-state index < -0.39 is 5.97 Å². The lowest BCUT2D eigenvalue weighted by atomic mass is 10.6. The van der Waals surface area contributed by atoms with Gasteiger partial charge in [0.15, 0.2) is 0 Å². The van der Waals surface area contributed by atoms with Crippen molar-refractivity contribution in [1.82, 2.24) is 5.32 Å². The molecular formula is C7H13NO4. The molecule has 0 aromatic rings. The Morgan fingerprint density at radius 2 is 2.00 bits per heavy atom. The van der Waals surface area contributed by atoms with Gasteiger partial charge in [0.25, 0.3) is 0 Å². The molecule has 0 saturated carbocycles. The number of hydrogen-bond donors (Lipinski definition) is 1. The Morgan fingerprint density at radius 3 is 2.00 bits per heavy atom. The van der Waals surface area contributed by atoms with Crippen molar-refractivity contribution in [2.75, 3.05) is 14.2 Å². The van der Waals surface area contributed by atoms with Crippen molar-refractivity contribution < 1.29 is 19.4 Å². The molecule has 0 unspecified atom stereocenters. The van der Waals surface area contributed by atoms with Crippen LogP contribution in [0, 0.1) is 0 Å². The summed E-state index contributed by atoms with van der Waals surface area (Å²) >= 11 is 0. The first-order chi connectivity index (χ1) is 5.58.